The first-order valence-corrected chi connectivity index (χ1v) is 5.94. The first kappa shape index (κ1) is 11.4. The fraction of sp³-hybridized carbons (Fsp3) is 0.467. The smallest absolute Gasteiger partial charge is 0.104 e. The Morgan fingerprint density at radius 1 is 0.875 bits per heavy atom. The van der Waals surface area contributed by atoms with Gasteiger partial charge in [0.25, 0.3) is 0 Å². The molecular formula is C15H20O. The fourth-order valence-corrected chi connectivity index (χ4v) is 2.77. The molecule has 0 aliphatic heterocycles. The maximum Gasteiger partial charge on any atom is 0.104 e. The maximum atomic E-state index is 10.5. The predicted octanol–water partition coefficient (Wildman–Crippen LogP) is 3.68. The number of allylic oxidation sites excluding steroid dienone is 4. The molecular weight excluding hydrogens is 196 g/mol. The standard InChI is InChI=1S/C15H20O/c1-9-5-6-10(2)13(9)15(16)14-11(3)7-8-12(14)4/h5,7,15-16H,6,8H2,1-4H3. The summed E-state index contributed by atoms with van der Waals surface area (Å²) in [5.41, 5.74) is 7.39. The van der Waals surface area contributed by atoms with Crippen LogP contribution in [0, 0.1) is 0 Å². The Morgan fingerprint density at radius 2 is 1.25 bits per heavy atom. The minimum Gasteiger partial charge on any atom is -0.384 e. The summed E-state index contributed by atoms with van der Waals surface area (Å²) in [5, 5.41) is 10.5. The molecule has 1 nitrogen and oxygen atoms in total. The normalized spacial score (nSPS) is 21.1. The van der Waals surface area contributed by atoms with Crippen LogP contribution in [0.2, 0.25) is 0 Å². The van der Waals surface area contributed by atoms with Gasteiger partial charge >= 0.3 is 0 Å². The number of hydrogen-bond donors (Lipinski definition) is 1. The van der Waals surface area contributed by atoms with Gasteiger partial charge in [0.15, 0.2) is 0 Å². The second kappa shape index (κ2) is 4.06. The van der Waals surface area contributed by atoms with Crippen LogP contribution in [0.3, 0.4) is 0 Å². The average Bonchev–Trinajstić information content (AvgIpc) is 2.71. The lowest BCUT2D eigenvalue weighted by atomic mass is 9.91. The van der Waals surface area contributed by atoms with E-state index < -0.39 is 6.10 Å². The van der Waals surface area contributed by atoms with Crippen molar-refractivity contribution in [3.8, 4) is 0 Å². The Balaban J connectivity index is 2.37. The van der Waals surface area contributed by atoms with Crippen molar-refractivity contribution in [2.75, 3.05) is 0 Å². The Hall–Kier alpha value is -1.08. The largest absolute Gasteiger partial charge is 0.384 e. The minimum absolute atomic E-state index is 0.419. The molecule has 0 radical (unpaired) electrons. The second-order valence-electron chi connectivity index (χ2n) is 4.97. The van der Waals surface area contributed by atoms with Gasteiger partial charge in [-0.3, -0.25) is 0 Å². The van der Waals surface area contributed by atoms with E-state index >= 15 is 0 Å². The zero-order valence-electron chi connectivity index (χ0n) is 10.6. The van der Waals surface area contributed by atoms with Gasteiger partial charge in [-0.2, -0.15) is 0 Å². The predicted molar refractivity (Wildman–Crippen MR) is 68.2 cm³/mol. The quantitative estimate of drug-likeness (QED) is 0.746. The highest BCUT2D eigenvalue weighted by Gasteiger charge is 2.26. The molecule has 86 valence electrons. The van der Waals surface area contributed by atoms with Gasteiger partial charge in [-0.25, -0.2) is 0 Å². The van der Waals surface area contributed by atoms with Gasteiger partial charge in [0.1, 0.15) is 6.10 Å². The van der Waals surface area contributed by atoms with Crippen LogP contribution >= 0.6 is 0 Å². The summed E-state index contributed by atoms with van der Waals surface area (Å²) >= 11 is 0. The van der Waals surface area contributed by atoms with E-state index in [1.807, 2.05) is 0 Å². The zero-order valence-corrected chi connectivity index (χ0v) is 10.6. The summed E-state index contributed by atoms with van der Waals surface area (Å²) < 4.78 is 0. The van der Waals surface area contributed by atoms with Crippen LogP contribution in [0.15, 0.2) is 45.6 Å². The number of rotatable bonds is 2. The van der Waals surface area contributed by atoms with E-state index in [0.717, 1.165) is 24.0 Å². The molecule has 1 heteroatoms. The van der Waals surface area contributed by atoms with Crippen LogP contribution in [-0.2, 0) is 0 Å². The molecule has 2 aliphatic rings. The van der Waals surface area contributed by atoms with Gasteiger partial charge in [0, 0.05) is 0 Å². The average molecular weight is 216 g/mol. The van der Waals surface area contributed by atoms with E-state index in [-0.39, 0.29) is 0 Å². The lowest BCUT2D eigenvalue weighted by molar-refractivity contribution is 0.250. The number of aliphatic hydroxyl groups excluding tert-OH is 1. The van der Waals surface area contributed by atoms with Crippen LogP contribution in [0.5, 0.6) is 0 Å². The number of aliphatic hydroxyl groups is 1. The van der Waals surface area contributed by atoms with Crippen LogP contribution in [0.25, 0.3) is 0 Å². The fourth-order valence-electron chi connectivity index (χ4n) is 2.77. The van der Waals surface area contributed by atoms with Crippen LogP contribution in [-0.4, -0.2) is 11.2 Å². The molecule has 0 aromatic heterocycles. The molecule has 0 aromatic rings. The molecule has 0 fully saturated rings. The third-order valence-electron chi connectivity index (χ3n) is 3.74. The van der Waals surface area contributed by atoms with Crippen molar-refractivity contribution in [3.63, 3.8) is 0 Å². The van der Waals surface area contributed by atoms with Crippen molar-refractivity contribution in [3.05, 3.63) is 45.6 Å². The van der Waals surface area contributed by atoms with Crippen molar-refractivity contribution in [1.82, 2.24) is 0 Å². The second-order valence-corrected chi connectivity index (χ2v) is 4.97. The molecule has 0 saturated carbocycles. The van der Waals surface area contributed by atoms with E-state index in [4.69, 9.17) is 0 Å². The van der Waals surface area contributed by atoms with Crippen molar-refractivity contribution in [1.29, 1.82) is 0 Å². The Morgan fingerprint density at radius 3 is 1.50 bits per heavy atom. The molecule has 0 atom stereocenters. The van der Waals surface area contributed by atoms with E-state index in [1.165, 1.54) is 22.3 Å². The van der Waals surface area contributed by atoms with E-state index in [2.05, 4.69) is 39.8 Å². The highest BCUT2D eigenvalue weighted by Crippen LogP contribution is 2.37. The Bertz CT molecular complexity index is 402. The summed E-state index contributed by atoms with van der Waals surface area (Å²) in [6.07, 6.45) is 5.98. The van der Waals surface area contributed by atoms with Crippen molar-refractivity contribution in [2.24, 2.45) is 0 Å². The summed E-state index contributed by atoms with van der Waals surface area (Å²) in [5.74, 6) is 0. The van der Waals surface area contributed by atoms with Gasteiger partial charge in [-0.05, 0) is 62.8 Å². The molecule has 0 aromatic carbocycles. The maximum absolute atomic E-state index is 10.5. The molecule has 2 aliphatic carbocycles. The summed E-state index contributed by atoms with van der Waals surface area (Å²) in [6, 6.07) is 0. The molecule has 0 unspecified atom stereocenters. The first-order valence-electron chi connectivity index (χ1n) is 5.94. The highest BCUT2D eigenvalue weighted by molar-refractivity contribution is 5.53. The molecule has 0 heterocycles. The lowest BCUT2D eigenvalue weighted by Gasteiger charge is -2.19. The molecule has 1 N–H and O–H groups in total. The summed E-state index contributed by atoms with van der Waals surface area (Å²) in [4.78, 5) is 0. The molecule has 0 spiro atoms. The zero-order chi connectivity index (χ0) is 11.9. The van der Waals surface area contributed by atoms with Gasteiger partial charge in [0.05, 0.1) is 0 Å². The van der Waals surface area contributed by atoms with Crippen LogP contribution in [0.1, 0.15) is 40.5 Å². The third-order valence-corrected chi connectivity index (χ3v) is 3.74. The van der Waals surface area contributed by atoms with Crippen molar-refractivity contribution >= 4 is 0 Å². The van der Waals surface area contributed by atoms with Crippen LogP contribution < -0.4 is 0 Å². The number of hydrogen-bond acceptors (Lipinski definition) is 1. The monoisotopic (exact) mass is 216 g/mol. The highest BCUT2D eigenvalue weighted by atomic mass is 16.3. The van der Waals surface area contributed by atoms with E-state index in [0.29, 0.717) is 0 Å². The van der Waals surface area contributed by atoms with Crippen molar-refractivity contribution in [2.45, 2.75) is 46.6 Å². The minimum atomic E-state index is -0.419. The summed E-state index contributed by atoms with van der Waals surface area (Å²) in [6.45, 7) is 8.43. The molecule has 2 rings (SSSR count). The van der Waals surface area contributed by atoms with Gasteiger partial charge in [-0.15, -0.1) is 0 Å². The summed E-state index contributed by atoms with van der Waals surface area (Å²) in [7, 11) is 0. The van der Waals surface area contributed by atoms with Gasteiger partial charge in [-0.1, -0.05) is 23.3 Å². The van der Waals surface area contributed by atoms with Gasteiger partial charge < -0.3 is 5.11 Å². The third kappa shape index (κ3) is 1.69. The molecule has 0 amide bonds. The Kier molecular flexibility index (Phi) is 2.90. The first-order chi connectivity index (χ1) is 7.52. The van der Waals surface area contributed by atoms with Crippen molar-refractivity contribution < 1.29 is 5.11 Å². The Labute approximate surface area is 97.9 Å². The topological polar surface area (TPSA) is 20.2 Å². The lowest BCUT2D eigenvalue weighted by Crippen LogP contribution is -2.15. The SMILES string of the molecule is CC1=CCC(C)=C1C(O)C1=C(C)CC=C1C. The van der Waals surface area contributed by atoms with E-state index in [9.17, 15) is 5.11 Å². The van der Waals surface area contributed by atoms with Crippen LogP contribution in [0.4, 0.5) is 0 Å². The molecule has 16 heavy (non-hydrogen) atoms. The molecule has 0 bridgehead atoms. The van der Waals surface area contributed by atoms with E-state index in [1.54, 1.807) is 0 Å². The van der Waals surface area contributed by atoms with Gasteiger partial charge in [0.2, 0.25) is 0 Å². The molecule has 0 saturated heterocycles.